The number of rotatable bonds is 14. The molecular formula is C18H30N4O8S. The van der Waals surface area contributed by atoms with Crippen molar-refractivity contribution in [2.75, 3.05) is 25.2 Å². The van der Waals surface area contributed by atoms with Gasteiger partial charge in [-0.3, -0.25) is 19.2 Å². The fraction of sp³-hybridized carbons (Fsp3) is 0.722. The van der Waals surface area contributed by atoms with Crippen LogP contribution in [0.3, 0.4) is 0 Å². The first kappa shape index (κ1) is 26.7. The predicted octanol–water partition coefficient (Wildman–Crippen LogP) is -2.11. The Morgan fingerprint density at radius 3 is 2.16 bits per heavy atom. The highest BCUT2D eigenvalue weighted by molar-refractivity contribution is 7.98. The smallest absolute Gasteiger partial charge is 0.326 e. The molecule has 0 aromatic carbocycles. The van der Waals surface area contributed by atoms with Gasteiger partial charge in [0.1, 0.15) is 18.1 Å². The normalized spacial score (nSPS) is 18.5. The van der Waals surface area contributed by atoms with Crippen LogP contribution in [-0.2, 0) is 24.0 Å². The van der Waals surface area contributed by atoms with Gasteiger partial charge in [-0.15, -0.1) is 0 Å². The molecular weight excluding hydrogens is 432 g/mol. The molecule has 176 valence electrons. The van der Waals surface area contributed by atoms with Crippen molar-refractivity contribution >= 4 is 41.4 Å². The molecule has 1 heterocycles. The Kier molecular flexibility index (Phi) is 11.9. The number of thioether (sulfide) groups is 1. The third kappa shape index (κ3) is 9.53. The standard InChI is InChI=1S/C18H30N4O8S/c1-31-8-6-11(20-15(26)10-3-2-7-19-10)16(27)22-13(9-23)17(28)21-12(18(29)30)4-5-14(24)25/h10-13,19,23H,2-9H2,1H3,(H,20,26)(H,21,28)(H,22,27)(H,24,25)(H,29,30). The van der Waals surface area contributed by atoms with Crippen LogP contribution in [0, 0.1) is 0 Å². The summed E-state index contributed by atoms with van der Waals surface area (Å²) < 4.78 is 0. The molecule has 1 saturated heterocycles. The average Bonchev–Trinajstić information content (AvgIpc) is 3.26. The maximum atomic E-state index is 12.7. The summed E-state index contributed by atoms with van der Waals surface area (Å²) in [6, 6.07) is -4.29. The summed E-state index contributed by atoms with van der Waals surface area (Å²) in [7, 11) is 0. The van der Waals surface area contributed by atoms with Gasteiger partial charge in [0.05, 0.1) is 12.6 Å². The molecule has 0 aromatic heterocycles. The van der Waals surface area contributed by atoms with Crippen molar-refractivity contribution in [3.05, 3.63) is 0 Å². The summed E-state index contributed by atoms with van der Waals surface area (Å²) in [5.41, 5.74) is 0. The first-order valence-corrected chi connectivity index (χ1v) is 11.3. The number of carbonyl (C=O) groups is 5. The molecule has 3 amide bonds. The Hall–Kier alpha value is -2.38. The van der Waals surface area contributed by atoms with Crippen LogP contribution in [0.25, 0.3) is 0 Å². The van der Waals surface area contributed by atoms with Crippen LogP contribution in [0.1, 0.15) is 32.1 Å². The van der Waals surface area contributed by atoms with Gasteiger partial charge >= 0.3 is 11.9 Å². The molecule has 0 saturated carbocycles. The maximum Gasteiger partial charge on any atom is 0.326 e. The van der Waals surface area contributed by atoms with Crippen molar-refractivity contribution in [2.24, 2.45) is 0 Å². The monoisotopic (exact) mass is 462 g/mol. The highest BCUT2D eigenvalue weighted by Gasteiger charge is 2.31. The lowest BCUT2D eigenvalue weighted by Crippen LogP contribution is -2.58. The van der Waals surface area contributed by atoms with Gasteiger partial charge in [0, 0.05) is 6.42 Å². The van der Waals surface area contributed by atoms with Gasteiger partial charge in [0.15, 0.2) is 0 Å². The SMILES string of the molecule is CSCCC(NC(=O)C1CCCN1)C(=O)NC(CO)C(=O)NC(CCC(=O)O)C(=O)O. The van der Waals surface area contributed by atoms with Crippen LogP contribution < -0.4 is 21.3 Å². The van der Waals surface area contributed by atoms with Crippen molar-refractivity contribution in [3.8, 4) is 0 Å². The molecule has 0 aliphatic carbocycles. The number of hydrogen-bond acceptors (Lipinski definition) is 8. The van der Waals surface area contributed by atoms with Crippen molar-refractivity contribution in [1.29, 1.82) is 0 Å². The van der Waals surface area contributed by atoms with Crippen LogP contribution >= 0.6 is 11.8 Å². The summed E-state index contributed by atoms with van der Waals surface area (Å²) >= 11 is 1.47. The van der Waals surface area contributed by atoms with E-state index in [0.717, 1.165) is 6.42 Å². The molecule has 1 fully saturated rings. The van der Waals surface area contributed by atoms with Crippen molar-refractivity contribution in [2.45, 2.75) is 56.3 Å². The molecule has 12 nitrogen and oxygen atoms in total. The fourth-order valence-electron chi connectivity index (χ4n) is 2.95. The Bertz CT molecular complexity index is 656. The van der Waals surface area contributed by atoms with E-state index in [2.05, 4.69) is 21.3 Å². The van der Waals surface area contributed by atoms with Gasteiger partial charge < -0.3 is 36.6 Å². The molecule has 4 unspecified atom stereocenters. The number of aliphatic carboxylic acids is 2. The summed E-state index contributed by atoms with van der Waals surface area (Å²) in [6.45, 7) is -0.102. The molecule has 0 aromatic rings. The number of nitrogens with one attached hydrogen (secondary N) is 4. The topological polar surface area (TPSA) is 194 Å². The largest absolute Gasteiger partial charge is 0.481 e. The Labute approximate surface area is 183 Å². The molecule has 0 radical (unpaired) electrons. The van der Waals surface area contributed by atoms with E-state index in [9.17, 15) is 29.1 Å². The minimum absolute atomic E-state index is 0.293. The van der Waals surface area contributed by atoms with E-state index in [1.54, 1.807) is 0 Å². The third-order valence-electron chi connectivity index (χ3n) is 4.70. The Balaban J connectivity index is 2.75. The van der Waals surface area contributed by atoms with Gasteiger partial charge in [0.2, 0.25) is 17.7 Å². The van der Waals surface area contributed by atoms with Gasteiger partial charge in [-0.25, -0.2) is 4.79 Å². The van der Waals surface area contributed by atoms with Gasteiger partial charge in [-0.2, -0.15) is 11.8 Å². The molecule has 0 bridgehead atoms. The zero-order chi connectivity index (χ0) is 23.4. The van der Waals surface area contributed by atoms with E-state index in [1.165, 1.54) is 11.8 Å². The van der Waals surface area contributed by atoms with E-state index in [-0.39, 0.29) is 12.3 Å². The average molecular weight is 463 g/mol. The van der Waals surface area contributed by atoms with Crippen LogP contribution in [0.15, 0.2) is 0 Å². The molecule has 7 N–H and O–H groups in total. The molecule has 0 spiro atoms. The van der Waals surface area contributed by atoms with Crippen LogP contribution in [-0.4, -0.2) is 94.3 Å². The summed E-state index contributed by atoms with van der Waals surface area (Å²) in [4.78, 5) is 59.3. The van der Waals surface area contributed by atoms with Crippen molar-refractivity contribution in [3.63, 3.8) is 0 Å². The lowest BCUT2D eigenvalue weighted by Gasteiger charge is -2.24. The highest BCUT2D eigenvalue weighted by atomic mass is 32.2. The molecule has 13 heteroatoms. The second kappa shape index (κ2) is 13.8. The van der Waals surface area contributed by atoms with E-state index < -0.39 is 60.9 Å². The minimum Gasteiger partial charge on any atom is -0.481 e. The number of carboxylic acid groups (broad SMARTS) is 2. The summed E-state index contributed by atoms with van der Waals surface area (Å²) in [6.07, 6.45) is 2.79. The van der Waals surface area contributed by atoms with Crippen LogP contribution in [0.4, 0.5) is 0 Å². The Morgan fingerprint density at radius 1 is 1.00 bits per heavy atom. The lowest BCUT2D eigenvalue weighted by atomic mass is 10.1. The number of aliphatic hydroxyl groups is 1. The third-order valence-corrected chi connectivity index (χ3v) is 5.34. The predicted molar refractivity (Wildman–Crippen MR) is 111 cm³/mol. The second-order valence-corrected chi connectivity index (χ2v) is 8.05. The zero-order valence-corrected chi connectivity index (χ0v) is 18.1. The maximum absolute atomic E-state index is 12.7. The van der Waals surface area contributed by atoms with Gasteiger partial charge in [-0.05, 0) is 44.2 Å². The number of aliphatic hydroxyl groups excluding tert-OH is 1. The molecule has 4 atom stereocenters. The number of hydrogen-bond donors (Lipinski definition) is 7. The van der Waals surface area contributed by atoms with Crippen LogP contribution in [0.2, 0.25) is 0 Å². The molecule has 1 rings (SSSR count). The summed E-state index contributed by atoms with van der Waals surface area (Å²) in [5, 5.41) is 37.5. The molecule has 1 aliphatic rings. The number of carbonyl (C=O) groups excluding carboxylic acids is 3. The van der Waals surface area contributed by atoms with Crippen molar-refractivity contribution in [1.82, 2.24) is 21.3 Å². The van der Waals surface area contributed by atoms with E-state index in [0.29, 0.717) is 25.1 Å². The van der Waals surface area contributed by atoms with E-state index >= 15 is 0 Å². The quantitative estimate of drug-likeness (QED) is 0.150. The minimum atomic E-state index is -1.49. The molecule has 31 heavy (non-hydrogen) atoms. The van der Waals surface area contributed by atoms with E-state index in [1.807, 2.05) is 6.26 Å². The number of amides is 3. The number of carboxylic acids is 2. The van der Waals surface area contributed by atoms with Gasteiger partial charge in [-0.1, -0.05) is 0 Å². The fourth-order valence-corrected chi connectivity index (χ4v) is 3.42. The first-order chi connectivity index (χ1) is 14.7. The molecule has 1 aliphatic heterocycles. The van der Waals surface area contributed by atoms with E-state index in [4.69, 9.17) is 10.2 Å². The Morgan fingerprint density at radius 2 is 1.65 bits per heavy atom. The highest BCUT2D eigenvalue weighted by Crippen LogP contribution is 2.07. The van der Waals surface area contributed by atoms with Gasteiger partial charge in [0.25, 0.3) is 0 Å². The first-order valence-electron chi connectivity index (χ1n) is 9.88. The summed E-state index contributed by atoms with van der Waals surface area (Å²) in [5.74, 6) is -4.09. The van der Waals surface area contributed by atoms with Crippen molar-refractivity contribution < 1.29 is 39.3 Å². The zero-order valence-electron chi connectivity index (χ0n) is 17.3. The lowest BCUT2D eigenvalue weighted by molar-refractivity contribution is -0.143. The second-order valence-electron chi connectivity index (χ2n) is 7.07. The van der Waals surface area contributed by atoms with Crippen LogP contribution in [0.5, 0.6) is 0 Å².